The van der Waals surface area contributed by atoms with Crippen molar-refractivity contribution in [3.05, 3.63) is 11.6 Å². The largest absolute Gasteiger partial charge is 0.462 e. The maximum atomic E-state index is 12.7. The van der Waals surface area contributed by atoms with Gasteiger partial charge in [0.15, 0.2) is 17.3 Å². The van der Waals surface area contributed by atoms with Crippen molar-refractivity contribution in [1.82, 2.24) is 0 Å². The first kappa shape index (κ1) is 25.1. The Balaban J connectivity index is 1.93. The molecule has 2 saturated heterocycles. The predicted molar refractivity (Wildman–Crippen MR) is 115 cm³/mol. The molecule has 1 saturated carbocycles. The van der Waals surface area contributed by atoms with Crippen LogP contribution in [0.1, 0.15) is 54.4 Å². The lowest BCUT2D eigenvalue weighted by Crippen LogP contribution is -2.66. The Morgan fingerprint density at radius 2 is 1.71 bits per heavy atom. The van der Waals surface area contributed by atoms with Gasteiger partial charge in [0.05, 0.1) is 12.2 Å². The molecule has 3 fully saturated rings. The summed E-state index contributed by atoms with van der Waals surface area (Å²) in [5.41, 5.74) is -3.55. The van der Waals surface area contributed by atoms with Gasteiger partial charge in [-0.25, -0.2) is 4.79 Å². The summed E-state index contributed by atoms with van der Waals surface area (Å²) in [5, 5.41) is 34.5. The fraction of sp³-hybridized carbons (Fsp3) is 0.792. The Morgan fingerprint density at radius 3 is 2.26 bits per heavy atom. The zero-order valence-electron chi connectivity index (χ0n) is 20.3. The molecule has 3 N–H and O–H groups in total. The van der Waals surface area contributed by atoms with E-state index in [0.717, 1.165) is 0 Å². The summed E-state index contributed by atoms with van der Waals surface area (Å²) >= 11 is 0. The van der Waals surface area contributed by atoms with Crippen LogP contribution in [-0.2, 0) is 33.3 Å². The average molecular weight is 483 g/mol. The zero-order chi connectivity index (χ0) is 25.4. The van der Waals surface area contributed by atoms with Crippen molar-refractivity contribution in [1.29, 1.82) is 0 Å². The van der Waals surface area contributed by atoms with E-state index in [1.54, 1.807) is 33.8 Å². The molecular formula is C24H34O10. The third-order valence-corrected chi connectivity index (χ3v) is 8.52. The van der Waals surface area contributed by atoms with Gasteiger partial charge in [0.2, 0.25) is 0 Å². The van der Waals surface area contributed by atoms with Crippen molar-refractivity contribution in [2.45, 2.75) is 102 Å². The van der Waals surface area contributed by atoms with Crippen molar-refractivity contribution in [3.8, 4) is 0 Å². The summed E-state index contributed by atoms with van der Waals surface area (Å²) in [4.78, 5) is 36.6. The number of carbonyl (C=O) groups excluding carboxylic acids is 3. The van der Waals surface area contributed by atoms with Crippen LogP contribution in [0.3, 0.4) is 0 Å². The Hall–Kier alpha value is -2.01. The smallest absolute Gasteiger partial charge is 0.342 e. The maximum Gasteiger partial charge on any atom is 0.342 e. The van der Waals surface area contributed by atoms with Crippen molar-refractivity contribution >= 4 is 17.9 Å². The molecule has 0 aromatic heterocycles. The number of hydrogen-bond acceptors (Lipinski definition) is 10. The number of esters is 3. The fourth-order valence-electron chi connectivity index (χ4n) is 6.67. The van der Waals surface area contributed by atoms with E-state index < -0.39 is 83.0 Å². The van der Waals surface area contributed by atoms with Gasteiger partial charge in [-0.15, -0.1) is 0 Å². The molecule has 190 valence electrons. The van der Waals surface area contributed by atoms with E-state index in [2.05, 4.69) is 0 Å². The van der Waals surface area contributed by atoms with Crippen molar-refractivity contribution in [2.24, 2.45) is 17.3 Å². The number of aliphatic hydroxyl groups is 3. The normalized spacial score (nSPS) is 51.6. The van der Waals surface area contributed by atoms with E-state index in [9.17, 15) is 29.7 Å². The van der Waals surface area contributed by atoms with Crippen LogP contribution in [0, 0.1) is 17.3 Å². The molecule has 2 heterocycles. The second-order valence-corrected chi connectivity index (χ2v) is 10.7. The minimum Gasteiger partial charge on any atom is -0.462 e. The number of rotatable bonds is 2. The number of hydrogen-bond donors (Lipinski definition) is 3. The molecule has 2 aliphatic carbocycles. The molecule has 1 unspecified atom stereocenters. The molecule has 2 aliphatic heterocycles. The molecular weight excluding hydrogens is 448 g/mol. The molecule has 0 amide bonds. The van der Waals surface area contributed by atoms with Gasteiger partial charge < -0.3 is 34.3 Å². The van der Waals surface area contributed by atoms with Crippen molar-refractivity contribution < 1.29 is 48.7 Å². The lowest BCUT2D eigenvalue weighted by Gasteiger charge is -2.56. The minimum absolute atomic E-state index is 0.0170. The molecule has 11 atom stereocenters. The van der Waals surface area contributed by atoms with Gasteiger partial charge in [-0.2, -0.15) is 0 Å². The average Bonchev–Trinajstić information content (AvgIpc) is 3.31. The topological polar surface area (TPSA) is 152 Å². The number of ether oxygens (including phenoxy) is 4. The van der Waals surface area contributed by atoms with Crippen LogP contribution in [0.15, 0.2) is 11.6 Å². The van der Waals surface area contributed by atoms with E-state index in [1.165, 1.54) is 13.8 Å². The van der Waals surface area contributed by atoms with Crippen LogP contribution in [0.2, 0.25) is 0 Å². The molecule has 0 aromatic rings. The molecule has 10 nitrogen and oxygen atoms in total. The SMILES string of the molecule is CC(=O)O[C@H]1C/C(C)=C\[C@@H]2OC(=O)C3(C)O[C@]23[C@H](O)[C@H]2[C@@H](C)[C@@H](O)C[C@H](OC(C)=O)[C@]2(C)[C@@H]1O. The second kappa shape index (κ2) is 8.01. The van der Waals surface area contributed by atoms with Crippen LogP contribution in [0.5, 0.6) is 0 Å². The van der Waals surface area contributed by atoms with Gasteiger partial charge in [0.25, 0.3) is 0 Å². The first-order valence-electron chi connectivity index (χ1n) is 11.7. The number of fused-ring (bicyclic) bond motifs is 1. The highest BCUT2D eigenvalue weighted by Gasteiger charge is 2.86. The van der Waals surface area contributed by atoms with E-state index in [-0.39, 0.29) is 12.8 Å². The molecule has 4 aliphatic rings. The lowest BCUT2D eigenvalue weighted by molar-refractivity contribution is -0.235. The van der Waals surface area contributed by atoms with Crippen molar-refractivity contribution in [2.75, 3.05) is 0 Å². The number of aliphatic hydroxyl groups excluding tert-OH is 3. The highest BCUT2D eigenvalue weighted by atomic mass is 16.7. The van der Waals surface area contributed by atoms with Gasteiger partial charge in [-0.05, 0) is 25.8 Å². The minimum atomic E-state index is -1.43. The third kappa shape index (κ3) is 3.33. The summed E-state index contributed by atoms with van der Waals surface area (Å²) in [6, 6.07) is 0. The molecule has 4 rings (SSSR count). The highest BCUT2D eigenvalue weighted by molar-refractivity contribution is 5.88. The second-order valence-electron chi connectivity index (χ2n) is 10.7. The Morgan fingerprint density at radius 1 is 1.09 bits per heavy atom. The summed E-state index contributed by atoms with van der Waals surface area (Å²) in [6.45, 7) is 9.13. The van der Waals surface area contributed by atoms with Crippen LogP contribution in [0.4, 0.5) is 0 Å². The highest BCUT2D eigenvalue weighted by Crippen LogP contribution is 2.64. The lowest BCUT2D eigenvalue weighted by atomic mass is 9.53. The van der Waals surface area contributed by atoms with Gasteiger partial charge >= 0.3 is 17.9 Å². The van der Waals surface area contributed by atoms with E-state index in [1.807, 2.05) is 0 Å². The fourth-order valence-corrected chi connectivity index (χ4v) is 6.67. The summed E-state index contributed by atoms with van der Waals surface area (Å²) in [6.07, 6.45) is -4.93. The van der Waals surface area contributed by atoms with E-state index in [4.69, 9.17) is 18.9 Å². The first-order valence-corrected chi connectivity index (χ1v) is 11.7. The maximum absolute atomic E-state index is 12.7. The van der Waals surface area contributed by atoms with Gasteiger partial charge in [0.1, 0.15) is 18.3 Å². The van der Waals surface area contributed by atoms with Gasteiger partial charge in [-0.3, -0.25) is 9.59 Å². The number of epoxide rings is 1. The zero-order valence-corrected chi connectivity index (χ0v) is 20.3. The van der Waals surface area contributed by atoms with Crippen LogP contribution in [0.25, 0.3) is 0 Å². The summed E-state index contributed by atoms with van der Waals surface area (Å²) in [7, 11) is 0. The number of carbonyl (C=O) groups is 3. The third-order valence-electron chi connectivity index (χ3n) is 8.52. The van der Waals surface area contributed by atoms with Crippen molar-refractivity contribution in [3.63, 3.8) is 0 Å². The van der Waals surface area contributed by atoms with Crippen LogP contribution in [-0.4, -0.2) is 81.1 Å². The standard InChI is InChI=1S/C24H34O10/c1-10-7-15(31-12(3)25)19(28)22(5)16(32-13(4)26)9-14(27)11(2)18(22)20(29)24-17(8-10)33-21(30)23(24,6)34-24/h8,11,14-20,27-29H,7,9H2,1-6H3/b10-8-/t11-,14-,15-,16-,17-,18+,19+,20+,22-,23?,24-/m0/s1. The van der Waals surface area contributed by atoms with Gasteiger partial charge in [0, 0.05) is 38.0 Å². The molecule has 1 spiro atoms. The Kier molecular flexibility index (Phi) is 5.91. The summed E-state index contributed by atoms with van der Waals surface area (Å²) < 4.78 is 22.6. The molecule has 34 heavy (non-hydrogen) atoms. The molecule has 10 heteroatoms. The van der Waals surface area contributed by atoms with Crippen LogP contribution < -0.4 is 0 Å². The quantitative estimate of drug-likeness (QED) is 0.218. The molecule has 0 aromatic carbocycles. The monoisotopic (exact) mass is 482 g/mol. The first-order chi connectivity index (χ1) is 15.7. The van der Waals surface area contributed by atoms with E-state index in [0.29, 0.717) is 5.57 Å². The van der Waals surface area contributed by atoms with E-state index >= 15 is 0 Å². The predicted octanol–water partition coefficient (Wildman–Crippen LogP) is 0.398. The van der Waals surface area contributed by atoms with Crippen LogP contribution >= 0.6 is 0 Å². The Labute approximate surface area is 198 Å². The molecule has 0 bridgehead atoms. The van der Waals surface area contributed by atoms with Gasteiger partial charge in [-0.1, -0.05) is 19.4 Å². The summed E-state index contributed by atoms with van der Waals surface area (Å²) in [5.74, 6) is -3.35. The molecule has 0 radical (unpaired) electrons. The Bertz CT molecular complexity index is 931.